The Bertz CT molecular complexity index is 605. The van der Waals surface area contributed by atoms with Gasteiger partial charge in [0.15, 0.2) is 5.16 Å². The maximum atomic E-state index is 10.7. The molecule has 0 amide bonds. The van der Waals surface area contributed by atoms with Crippen LogP contribution in [0.4, 0.5) is 0 Å². The zero-order valence-electron chi connectivity index (χ0n) is 10.7. The fourth-order valence-electron chi connectivity index (χ4n) is 1.88. The van der Waals surface area contributed by atoms with Crippen LogP contribution in [0, 0.1) is 0 Å². The number of nitrogens with zero attached hydrogens (tertiary/aromatic N) is 2. The summed E-state index contributed by atoms with van der Waals surface area (Å²) >= 11 is 1.27. The smallest absolute Gasteiger partial charge is 0.313 e. The van der Waals surface area contributed by atoms with Crippen LogP contribution >= 0.6 is 11.8 Å². The molecule has 1 aromatic heterocycles. The quantitative estimate of drug-likeness (QED) is 0.650. The first kappa shape index (κ1) is 13.7. The molecule has 19 heavy (non-hydrogen) atoms. The van der Waals surface area contributed by atoms with Gasteiger partial charge in [0.2, 0.25) is 0 Å². The predicted molar refractivity (Wildman–Crippen MR) is 77.5 cm³/mol. The van der Waals surface area contributed by atoms with Crippen LogP contribution in [0.3, 0.4) is 0 Å². The van der Waals surface area contributed by atoms with Crippen molar-refractivity contribution in [2.45, 2.75) is 25.0 Å². The molecule has 0 saturated heterocycles. The van der Waals surface area contributed by atoms with Crippen LogP contribution in [-0.2, 0) is 11.3 Å². The van der Waals surface area contributed by atoms with Gasteiger partial charge in [-0.05, 0) is 25.5 Å². The number of aryl methyl sites for hydroxylation is 1. The van der Waals surface area contributed by atoms with Crippen molar-refractivity contribution < 1.29 is 9.90 Å². The number of aliphatic carboxylic acids is 1. The summed E-state index contributed by atoms with van der Waals surface area (Å²) < 4.78 is 2.09. The van der Waals surface area contributed by atoms with E-state index < -0.39 is 5.97 Å². The van der Waals surface area contributed by atoms with Crippen molar-refractivity contribution in [3.05, 3.63) is 36.4 Å². The molecule has 5 heteroatoms. The van der Waals surface area contributed by atoms with Crippen molar-refractivity contribution in [1.29, 1.82) is 0 Å². The number of para-hydroxylation sites is 2. The number of hydrogen-bond donors (Lipinski definition) is 1. The molecule has 2 aromatic rings. The molecular formula is C14H16N2O2S. The second kappa shape index (κ2) is 6.43. The van der Waals surface area contributed by atoms with Crippen molar-refractivity contribution in [3.8, 4) is 0 Å². The third-order valence-corrected chi connectivity index (χ3v) is 3.66. The molecule has 1 heterocycles. The largest absolute Gasteiger partial charge is 0.481 e. The summed E-state index contributed by atoms with van der Waals surface area (Å²) in [5, 5.41) is 9.56. The van der Waals surface area contributed by atoms with Gasteiger partial charge in [-0.3, -0.25) is 4.79 Å². The normalized spacial score (nSPS) is 11.4. The highest BCUT2D eigenvalue weighted by Gasteiger charge is 2.11. The fourth-order valence-corrected chi connectivity index (χ4v) is 2.64. The number of imidazole rings is 1. The third-order valence-electron chi connectivity index (χ3n) is 2.70. The Morgan fingerprint density at radius 2 is 2.26 bits per heavy atom. The minimum Gasteiger partial charge on any atom is -0.481 e. The Morgan fingerprint density at radius 1 is 1.47 bits per heavy atom. The van der Waals surface area contributed by atoms with Crippen molar-refractivity contribution in [2.75, 3.05) is 5.75 Å². The maximum Gasteiger partial charge on any atom is 0.313 e. The van der Waals surface area contributed by atoms with Crippen molar-refractivity contribution >= 4 is 28.8 Å². The van der Waals surface area contributed by atoms with E-state index >= 15 is 0 Å². The van der Waals surface area contributed by atoms with Gasteiger partial charge in [0, 0.05) is 6.54 Å². The minimum atomic E-state index is -0.822. The first-order valence-corrected chi connectivity index (χ1v) is 7.12. The summed E-state index contributed by atoms with van der Waals surface area (Å²) in [6.07, 6.45) is 5.03. The van der Waals surface area contributed by atoms with E-state index in [4.69, 9.17) is 5.11 Å². The standard InChI is InChI=1S/C14H16N2O2S/c1-2-3-6-9-16-12-8-5-4-7-11(12)15-14(16)19-10-13(17)18/h2-5,7-8H,6,9-10H2,1H3,(H,17,18)/b3-2+. The van der Waals surface area contributed by atoms with E-state index in [1.807, 2.05) is 37.3 Å². The zero-order chi connectivity index (χ0) is 13.7. The average Bonchev–Trinajstić information content (AvgIpc) is 2.75. The number of carboxylic acids is 1. The van der Waals surface area contributed by atoms with Gasteiger partial charge in [0.1, 0.15) is 0 Å². The van der Waals surface area contributed by atoms with E-state index in [2.05, 4.69) is 15.6 Å². The summed E-state index contributed by atoms with van der Waals surface area (Å²) in [4.78, 5) is 15.2. The monoisotopic (exact) mass is 276 g/mol. The molecule has 0 aliphatic heterocycles. The molecule has 0 bridgehead atoms. The van der Waals surface area contributed by atoms with Gasteiger partial charge >= 0.3 is 5.97 Å². The summed E-state index contributed by atoms with van der Waals surface area (Å²) in [6.45, 7) is 2.80. The van der Waals surface area contributed by atoms with E-state index in [1.165, 1.54) is 11.8 Å². The summed E-state index contributed by atoms with van der Waals surface area (Å²) in [5.41, 5.74) is 1.97. The van der Waals surface area contributed by atoms with Gasteiger partial charge in [-0.25, -0.2) is 4.98 Å². The number of allylic oxidation sites excluding steroid dienone is 2. The SMILES string of the molecule is C/C=C/CCn1c(SCC(=O)O)nc2ccccc21. The fraction of sp³-hybridized carbons (Fsp3) is 0.286. The van der Waals surface area contributed by atoms with E-state index in [1.54, 1.807) is 0 Å². The van der Waals surface area contributed by atoms with E-state index in [9.17, 15) is 4.79 Å². The van der Waals surface area contributed by atoms with Crippen LogP contribution in [0.25, 0.3) is 11.0 Å². The molecule has 4 nitrogen and oxygen atoms in total. The average molecular weight is 276 g/mol. The second-order valence-corrected chi connectivity index (χ2v) is 5.02. The molecule has 0 fully saturated rings. The number of carbonyl (C=O) groups is 1. The van der Waals surface area contributed by atoms with Crippen LogP contribution in [-0.4, -0.2) is 26.4 Å². The second-order valence-electron chi connectivity index (χ2n) is 4.07. The summed E-state index contributed by atoms with van der Waals surface area (Å²) in [7, 11) is 0. The Hall–Kier alpha value is -1.75. The highest BCUT2D eigenvalue weighted by Crippen LogP contribution is 2.24. The van der Waals surface area contributed by atoms with Crippen molar-refractivity contribution in [3.63, 3.8) is 0 Å². The summed E-state index contributed by atoms with van der Waals surface area (Å²) in [5.74, 6) is -0.788. The van der Waals surface area contributed by atoms with Crippen molar-refractivity contribution in [1.82, 2.24) is 9.55 Å². The molecule has 1 N–H and O–H groups in total. The molecule has 0 saturated carbocycles. The lowest BCUT2D eigenvalue weighted by Crippen LogP contribution is -2.03. The van der Waals surface area contributed by atoms with Crippen LogP contribution in [0.2, 0.25) is 0 Å². The van der Waals surface area contributed by atoms with Crippen molar-refractivity contribution in [2.24, 2.45) is 0 Å². The van der Waals surface area contributed by atoms with Crippen LogP contribution < -0.4 is 0 Å². The molecule has 0 unspecified atom stereocenters. The molecule has 1 aromatic carbocycles. The van der Waals surface area contributed by atoms with E-state index in [-0.39, 0.29) is 5.75 Å². The molecule has 0 radical (unpaired) electrons. The van der Waals surface area contributed by atoms with Gasteiger partial charge in [-0.2, -0.15) is 0 Å². The predicted octanol–water partition coefficient (Wildman–Crippen LogP) is 3.18. The van der Waals surface area contributed by atoms with Gasteiger partial charge in [-0.1, -0.05) is 36.0 Å². The number of benzene rings is 1. The van der Waals surface area contributed by atoms with Gasteiger partial charge < -0.3 is 9.67 Å². The molecule has 2 rings (SSSR count). The highest BCUT2D eigenvalue weighted by molar-refractivity contribution is 7.99. The lowest BCUT2D eigenvalue weighted by Gasteiger charge is -2.06. The molecule has 0 spiro atoms. The van der Waals surface area contributed by atoms with E-state index in [0.717, 1.165) is 29.2 Å². The van der Waals surface area contributed by atoms with Crippen LogP contribution in [0.5, 0.6) is 0 Å². The Labute approximate surface area is 116 Å². The Morgan fingerprint density at radius 3 is 3.00 bits per heavy atom. The van der Waals surface area contributed by atoms with Crippen LogP contribution in [0.15, 0.2) is 41.6 Å². The van der Waals surface area contributed by atoms with Gasteiger partial charge in [0.05, 0.1) is 16.8 Å². The maximum absolute atomic E-state index is 10.7. The third kappa shape index (κ3) is 3.38. The molecule has 0 aliphatic carbocycles. The topological polar surface area (TPSA) is 55.1 Å². The first-order valence-electron chi connectivity index (χ1n) is 6.13. The molecule has 0 aliphatic rings. The molecule has 0 atom stereocenters. The zero-order valence-corrected chi connectivity index (χ0v) is 11.6. The number of carboxylic acid groups (broad SMARTS) is 1. The molecular weight excluding hydrogens is 260 g/mol. The number of rotatable bonds is 6. The Balaban J connectivity index is 2.31. The summed E-state index contributed by atoms with van der Waals surface area (Å²) in [6, 6.07) is 7.88. The number of thioether (sulfide) groups is 1. The lowest BCUT2D eigenvalue weighted by atomic mass is 10.3. The van der Waals surface area contributed by atoms with E-state index in [0.29, 0.717) is 0 Å². The number of hydrogen-bond acceptors (Lipinski definition) is 3. The highest BCUT2D eigenvalue weighted by atomic mass is 32.2. The van der Waals surface area contributed by atoms with Gasteiger partial charge in [0.25, 0.3) is 0 Å². The minimum absolute atomic E-state index is 0.0347. The number of fused-ring (bicyclic) bond motifs is 1. The van der Waals surface area contributed by atoms with Gasteiger partial charge in [-0.15, -0.1) is 0 Å². The first-order chi connectivity index (χ1) is 9.22. The Kier molecular flexibility index (Phi) is 4.63. The lowest BCUT2D eigenvalue weighted by molar-refractivity contribution is -0.133. The van der Waals surface area contributed by atoms with Crippen LogP contribution in [0.1, 0.15) is 13.3 Å². The number of aromatic nitrogens is 2. The molecule has 100 valence electrons.